The maximum Gasteiger partial charge on any atom is 0.243 e. The average molecular weight is 380 g/mol. The predicted octanol–water partition coefficient (Wildman–Crippen LogP) is 1.79. The molecule has 1 atom stereocenters. The Hall–Kier alpha value is -0.180. The van der Waals surface area contributed by atoms with E-state index in [0.29, 0.717) is 18.0 Å². The van der Waals surface area contributed by atoms with Crippen molar-refractivity contribution in [1.29, 1.82) is 0 Å². The van der Waals surface area contributed by atoms with Gasteiger partial charge in [-0.15, -0.1) is 0 Å². The van der Waals surface area contributed by atoms with E-state index in [-0.39, 0.29) is 6.04 Å². The zero-order valence-corrected chi connectivity index (χ0v) is 13.0. The van der Waals surface area contributed by atoms with Crippen molar-refractivity contribution in [3.63, 3.8) is 0 Å². The smallest absolute Gasteiger partial charge is 0.243 e. The van der Waals surface area contributed by atoms with Crippen LogP contribution in [0.15, 0.2) is 29.2 Å². The molecule has 100 valence electrons. The summed E-state index contributed by atoms with van der Waals surface area (Å²) >= 11 is 2.16. The molecule has 1 heterocycles. The highest BCUT2D eigenvalue weighted by atomic mass is 127. The molecule has 0 spiro atoms. The minimum atomic E-state index is -3.39. The molecule has 0 radical (unpaired) electrons. The Kier molecular flexibility index (Phi) is 4.63. The molecule has 18 heavy (non-hydrogen) atoms. The summed E-state index contributed by atoms with van der Waals surface area (Å²) in [6.07, 6.45) is 2.83. The number of rotatable bonds is 3. The number of nitrogens with two attached hydrogens (primary N) is 1. The van der Waals surface area contributed by atoms with Gasteiger partial charge in [-0.3, -0.25) is 0 Å². The molecule has 1 unspecified atom stereocenters. The summed E-state index contributed by atoms with van der Waals surface area (Å²) in [5.41, 5.74) is 5.69. The van der Waals surface area contributed by atoms with Crippen molar-refractivity contribution in [2.24, 2.45) is 5.73 Å². The van der Waals surface area contributed by atoms with Crippen LogP contribution in [0, 0.1) is 3.57 Å². The molecule has 2 rings (SSSR count). The lowest BCUT2D eigenvalue weighted by Gasteiger charge is -2.33. The van der Waals surface area contributed by atoms with Gasteiger partial charge in [0, 0.05) is 22.7 Å². The van der Waals surface area contributed by atoms with E-state index in [4.69, 9.17) is 5.73 Å². The number of hydrogen-bond donors (Lipinski definition) is 1. The van der Waals surface area contributed by atoms with Crippen molar-refractivity contribution in [3.8, 4) is 0 Å². The Bertz CT molecular complexity index is 501. The first-order chi connectivity index (χ1) is 8.55. The van der Waals surface area contributed by atoms with Gasteiger partial charge < -0.3 is 5.73 Å². The number of nitrogens with zero attached hydrogens (tertiary/aromatic N) is 1. The van der Waals surface area contributed by atoms with E-state index in [9.17, 15) is 8.42 Å². The zero-order valence-electron chi connectivity index (χ0n) is 10.0. The zero-order chi connectivity index (χ0) is 13.2. The summed E-state index contributed by atoms with van der Waals surface area (Å²) in [6, 6.07) is 6.91. The largest absolute Gasteiger partial charge is 0.329 e. The molecule has 0 aromatic heterocycles. The molecule has 0 aliphatic carbocycles. The van der Waals surface area contributed by atoms with E-state index < -0.39 is 10.0 Å². The molecule has 1 aromatic carbocycles. The number of halogens is 1. The Morgan fingerprint density at radius 1 is 1.28 bits per heavy atom. The lowest BCUT2D eigenvalue weighted by atomic mass is 10.1. The minimum Gasteiger partial charge on any atom is -0.329 e. The predicted molar refractivity (Wildman–Crippen MR) is 79.7 cm³/mol. The fraction of sp³-hybridized carbons (Fsp3) is 0.500. The molecule has 1 aliphatic heterocycles. The Balaban J connectivity index is 2.32. The lowest BCUT2D eigenvalue weighted by molar-refractivity contribution is 0.257. The SMILES string of the molecule is NCC1CCCCN1S(=O)(=O)c1ccc(I)cc1. The van der Waals surface area contributed by atoms with Crippen molar-refractivity contribution < 1.29 is 8.42 Å². The summed E-state index contributed by atoms with van der Waals surface area (Å²) in [7, 11) is -3.39. The first-order valence-electron chi connectivity index (χ1n) is 6.03. The van der Waals surface area contributed by atoms with Crippen molar-refractivity contribution >= 4 is 32.6 Å². The summed E-state index contributed by atoms with van der Waals surface area (Å²) < 4.78 is 27.7. The Morgan fingerprint density at radius 2 is 1.94 bits per heavy atom. The number of benzene rings is 1. The molecule has 1 fully saturated rings. The second-order valence-electron chi connectivity index (χ2n) is 4.45. The van der Waals surface area contributed by atoms with E-state index in [1.54, 1.807) is 16.4 Å². The molecule has 1 aromatic rings. The van der Waals surface area contributed by atoms with Crippen LogP contribution in [0.2, 0.25) is 0 Å². The molecular weight excluding hydrogens is 363 g/mol. The summed E-state index contributed by atoms with van der Waals surface area (Å²) in [6.45, 7) is 0.972. The van der Waals surface area contributed by atoms with Crippen LogP contribution >= 0.6 is 22.6 Å². The quantitative estimate of drug-likeness (QED) is 0.814. The Morgan fingerprint density at radius 3 is 2.56 bits per heavy atom. The maximum absolute atomic E-state index is 12.5. The number of piperidine rings is 1. The van der Waals surface area contributed by atoms with Crippen molar-refractivity contribution in [1.82, 2.24) is 4.31 Å². The molecule has 1 aliphatic rings. The Labute approximate surface area is 122 Å². The maximum atomic E-state index is 12.5. The summed E-state index contributed by atoms with van der Waals surface area (Å²) in [5, 5.41) is 0. The van der Waals surface area contributed by atoms with Crippen molar-refractivity contribution in [3.05, 3.63) is 27.8 Å². The molecule has 2 N–H and O–H groups in total. The molecule has 1 saturated heterocycles. The summed E-state index contributed by atoms with van der Waals surface area (Å²) in [5.74, 6) is 0. The first kappa shape index (κ1) is 14.2. The van der Waals surface area contributed by atoms with Gasteiger partial charge in [0.25, 0.3) is 0 Å². The molecule has 4 nitrogen and oxygen atoms in total. The number of hydrogen-bond acceptors (Lipinski definition) is 3. The second-order valence-corrected chi connectivity index (χ2v) is 7.59. The van der Waals surface area contributed by atoms with E-state index >= 15 is 0 Å². The third-order valence-corrected chi connectivity index (χ3v) is 5.95. The van der Waals surface area contributed by atoms with E-state index in [0.717, 1.165) is 22.8 Å². The molecule has 6 heteroatoms. The third-order valence-electron chi connectivity index (χ3n) is 3.27. The van der Waals surface area contributed by atoms with E-state index in [2.05, 4.69) is 22.6 Å². The third kappa shape index (κ3) is 2.87. The van der Waals surface area contributed by atoms with Gasteiger partial charge in [0.1, 0.15) is 0 Å². The van der Waals surface area contributed by atoms with Crippen LogP contribution in [-0.2, 0) is 10.0 Å². The highest BCUT2D eigenvalue weighted by molar-refractivity contribution is 14.1. The lowest BCUT2D eigenvalue weighted by Crippen LogP contribution is -2.47. The minimum absolute atomic E-state index is 0.0528. The fourth-order valence-corrected chi connectivity index (χ4v) is 4.33. The first-order valence-corrected chi connectivity index (χ1v) is 8.55. The molecule has 0 saturated carbocycles. The molecular formula is C12H17IN2O2S. The van der Waals surface area contributed by atoms with Crippen molar-refractivity contribution in [2.45, 2.75) is 30.2 Å². The van der Waals surface area contributed by atoms with Crippen LogP contribution in [0.3, 0.4) is 0 Å². The summed E-state index contributed by atoms with van der Waals surface area (Å²) in [4.78, 5) is 0.364. The van der Waals surface area contributed by atoms with Crippen LogP contribution in [-0.4, -0.2) is 31.9 Å². The average Bonchev–Trinajstić information content (AvgIpc) is 2.39. The monoisotopic (exact) mass is 380 g/mol. The molecule has 0 amide bonds. The highest BCUT2D eigenvalue weighted by Gasteiger charge is 2.32. The van der Waals surface area contributed by atoms with Crippen LogP contribution in [0.5, 0.6) is 0 Å². The normalized spacial score (nSPS) is 22.0. The van der Waals surface area contributed by atoms with Gasteiger partial charge in [0.15, 0.2) is 0 Å². The standard InChI is InChI=1S/C12H17IN2O2S/c13-10-4-6-12(7-5-10)18(16,17)15-8-2-1-3-11(15)9-14/h4-7,11H,1-3,8-9,14H2. The van der Waals surface area contributed by atoms with Crippen LogP contribution < -0.4 is 5.73 Å². The van der Waals surface area contributed by atoms with Crippen LogP contribution in [0.25, 0.3) is 0 Å². The second kappa shape index (κ2) is 5.85. The van der Waals surface area contributed by atoms with Gasteiger partial charge in [0.05, 0.1) is 4.90 Å². The van der Waals surface area contributed by atoms with Crippen LogP contribution in [0.1, 0.15) is 19.3 Å². The topological polar surface area (TPSA) is 63.4 Å². The van der Waals surface area contributed by atoms with Gasteiger partial charge in [-0.2, -0.15) is 4.31 Å². The van der Waals surface area contributed by atoms with E-state index in [1.165, 1.54) is 0 Å². The van der Waals surface area contributed by atoms with Crippen LogP contribution in [0.4, 0.5) is 0 Å². The van der Waals surface area contributed by atoms with E-state index in [1.807, 2.05) is 12.1 Å². The van der Waals surface area contributed by atoms with Gasteiger partial charge in [-0.1, -0.05) is 6.42 Å². The van der Waals surface area contributed by atoms with Crippen molar-refractivity contribution in [2.75, 3.05) is 13.1 Å². The van der Waals surface area contributed by atoms with Gasteiger partial charge in [-0.05, 0) is 59.7 Å². The fourth-order valence-electron chi connectivity index (χ4n) is 2.27. The number of sulfonamides is 1. The molecule has 0 bridgehead atoms. The highest BCUT2D eigenvalue weighted by Crippen LogP contribution is 2.25. The van der Waals surface area contributed by atoms with Gasteiger partial charge in [-0.25, -0.2) is 8.42 Å². The van der Waals surface area contributed by atoms with Gasteiger partial charge >= 0.3 is 0 Å². The van der Waals surface area contributed by atoms with Gasteiger partial charge in [0.2, 0.25) is 10.0 Å².